The van der Waals surface area contributed by atoms with Gasteiger partial charge in [0.15, 0.2) is 0 Å². The van der Waals surface area contributed by atoms with E-state index >= 15 is 0 Å². The molecule has 6 heteroatoms. The average molecular weight is 465 g/mol. The molecule has 0 unspecified atom stereocenters. The second kappa shape index (κ2) is 10.2. The highest BCUT2D eigenvalue weighted by molar-refractivity contribution is 7.92. The van der Waals surface area contributed by atoms with E-state index in [0.717, 1.165) is 23.1 Å². The van der Waals surface area contributed by atoms with Gasteiger partial charge < -0.3 is 5.32 Å². The third-order valence-corrected chi connectivity index (χ3v) is 7.24. The van der Waals surface area contributed by atoms with Gasteiger partial charge >= 0.3 is 0 Å². The number of carbonyl (C=O) groups excluding carboxylic acids is 1. The van der Waals surface area contributed by atoms with Gasteiger partial charge in [0.2, 0.25) is 0 Å². The van der Waals surface area contributed by atoms with Gasteiger partial charge in [-0.05, 0) is 79.6 Å². The second-order valence-electron chi connectivity index (χ2n) is 8.95. The lowest BCUT2D eigenvalue weighted by molar-refractivity contribution is 0.0931. The molecule has 0 aromatic heterocycles. The summed E-state index contributed by atoms with van der Waals surface area (Å²) >= 11 is 0. The van der Waals surface area contributed by atoms with Crippen LogP contribution in [0.4, 0.5) is 5.69 Å². The third kappa shape index (κ3) is 6.23. The van der Waals surface area contributed by atoms with E-state index in [2.05, 4.69) is 23.9 Å². The topological polar surface area (TPSA) is 75.3 Å². The van der Waals surface area contributed by atoms with Gasteiger partial charge in [-0.25, -0.2) is 8.42 Å². The largest absolute Gasteiger partial charge is 0.345 e. The molecule has 1 amide bonds. The number of nitrogens with one attached hydrogen (secondary N) is 2. The molecular formula is C27H32N2O3S. The molecule has 0 saturated heterocycles. The maximum Gasteiger partial charge on any atom is 0.262 e. The Labute approximate surface area is 197 Å². The SMILES string of the molecule is Cc1ccc(NS(=O)(=O)c2cc(C(=O)N[C@H](CC(C)C)c3ccccc3)ccc2C)cc1C. The summed E-state index contributed by atoms with van der Waals surface area (Å²) in [7, 11) is -3.86. The number of hydrogen-bond acceptors (Lipinski definition) is 3. The zero-order chi connectivity index (χ0) is 24.2. The molecular weight excluding hydrogens is 432 g/mol. The number of anilines is 1. The van der Waals surface area contributed by atoms with Crippen molar-refractivity contribution < 1.29 is 13.2 Å². The molecule has 0 saturated carbocycles. The number of sulfonamides is 1. The van der Waals surface area contributed by atoms with Crippen molar-refractivity contribution in [2.45, 2.75) is 52.0 Å². The highest BCUT2D eigenvalue weighted by Crippen LogP contribution is 2.25. The van der Waals surface area contributed by atoms with Crippen molar-refractivity contribution in [3.05, 3.63) is 94.5 Å². The molecule has 33 heavy (non-hydrogen) atoms. The minimum absolute atomic E-state index is 0.0912. The summed E-state index contributed by atoms with van der Waals surface area (Å²) in [4.78, 5) is 13.2. The number of aryl methyl sites for hydroxylation is 3. The van der Waals surface area contributed by atoms with Gasteiger partial charge in [0.05, 0.1) is 10.9 Å². The van der Waals surface area contributed by atoms with Crippen molar-refractivity contribution in [3.63, 3.8) is 0 Å². The van der Waals surface area contributed by atoms with Gasteiger partial charge in [-0.15, -0.1) is 0 Å². The molecule has 0 bridgehead atoms. The van der Waals surface area contributed by atoms with Gasteiger partial charge in [0.1, 0.15) is 0 Å². The van der Waals surface area contributed by atoms with E-state index in [1.807, 2.05) is 50.2 Å². The molecule has 0 heterocycles. The fourth-order valence-electron chi connectivity index (χ4n) is 3.72. The van der Waals surface area contributed by atoms with Crippen molar-refractivity contribution in [2.75, 3.05) is 4.72 Å². The first-order valence-electron chi connectivity index (χ1n) is 11.1. The van der Waals surface area contributed by atoms with Crippen molar-refractivity contribution >= 4 is 21.6 Å². The predicted octanol–water partition coefficient (Wildman–Crippen LogP) is 5.93. The van der Waals surface area contributed by atoms with E-state index in [-0.39, 0.29) is 16.8 Å². The number of rotatable bonds is 8. The van der Waals surface area contributed by atoms with Crippen LogP contribution < -0.4 is 10.0 Å². The van der Waals surface area contributed by atoms with E-state index in [4.69, 9.17) is 0 Å². The van der Waals surface area contributed by atoms with Crippen LogP contribution in [0.25, 0.3) is 0 Å². The van der Waals surface area contributed by atoms with E-state index in [1.54, 1.807) is 31.2 Å². The molecule has 3 rings (SSSR count). The molecule has 174 valence electrons. The highest BCUT2D eigenvalue weighted by atomic mass is 32.2. The van der Waals surface area contributed by atoms with Gasteiger partial charge in [0.25, 0.3) is 15.9 Å². The standard InChI is InChI=1S/C27H32N2O3S/c1-18(2)15-25(22-9-7-6-8-10-22)28-27(30)23-13-11-20(4)26(17-23)33(31,32)29-24-14-12-19(3)21(5)16-24/h6-14,16-18,25,29H,15H2,1-5H3,(H,28,30)/t25-/m1/s1. The van der Waals surface area contributed by atoms with Crippen LogP contribution in [-0.4, -0.2) is 14.3 Å². The molecule has 2 N–H and O–H groups in total. The van der Waals surface area contributed by atoms with Crippen molar-refractivity contribution in [3.8, 4) is 0 Å². The average Bonchev–Trinajstić information content (AvgIpc) is 2.76. The molecule has 0 radical (unpaired) electrons. The van der Waals surface area contributed by atoms with Gasteiger partial charge in [-0.2, -0.15) is 0 Å². The number of hydrogen-bond donors (Lipinski definition) is 2. The quantitative estimate of drug-likeness (QED) is 0.434. The van der Waals surface area contributed by atoms with Gasteiger partial charge in [-0.1, -0.05) is 56.3 Å². The van der Waals surface area contributed by atoms with Crippen LogP contribution >= 0.6 is 0 Å². The Morgan fingerprint density at radius 2 is 1.52 bits per heavy atom. The zero-order valence-corrected chi connectivity index (χ0v) is 20.7. The van der Waals surface area contributed by atoms with Crippen LogP contribution in [0.15, 0.2) is 71.6 Å². The molecule has 0 aliphatic heterocycles. The minimum atomic E-state index is -3.86. The Morgan fingerprint density at radius 1 is 0.848 bits per heavy atom. The molecule has 0 fully saturated rings. The van der Waals surface area contributed by atoms with Crippen LogP contribution in [0.1, 0.15) is 58.9 Å². The first-order chi connectivity index (χ1) is 15.6. The Morgan fingerprint density at radius 3 is 2.15 bits per heavy atom. The molecule has 0 spiro atoms. The maximum atomic E-state index is 13.1. The molecule has 3 aromatic carbocycles. The van der Waals surface area contributed by atoms with Crippen molar-refractivity contribution in [2.24, 2.45) is 5.92 Å². The molecule has 1 atom stereocenters. The lowest BCUT2D eigenvalue weighted by atomic mass is 9.96. The van der Waals surface area contributed by atoms with Crippen LogP contribution in [-0.2, 0) is 10.0 Å². The Kier molecular flexibility index (Phi) is 7.59. The summed E-state index contributed by atoms with van der Waals surface area (Å²) in [5.74, 6) is 0.0822. The summed E-state index contributed by atoms with van der Waals surface area (Å²) in [6.07, 6.45) is 0.779. The van der Waals surface area contributed by atoms with E-state index in [0.29, 0.717) is 22.7 Å². The first kappa shape index (κ1) is 24.5. The van der Waals surface area contributed by atoms with Crippen LogP contribution in [0, 0.1) is 26.7 Å². The number of benzene rings is 3. The Bertz CT molecular complexity index is 1240. The fraction of sp³-hybridized carbons (Fsp3) is 0.296. The third-order valence-electron chi connectivity index (χ3n) is 5.71. The summed E-state index contributed by atoms with van der Waals surface area (Å²) < 4.78 is 28.9. The summed E-state index contributed by atoms with van der Waals surface area (Å²) in [6, 6.07) is 19.9. The zero-order valence-electron chi connectivity index (χ0n) is 19.8. The van der Waals surface area contributed by atoms with Gasteiger partial charge in [0, 0.05) is 11.3 Å². The number of carbonyl (C=O) groups is 1. The number of amides is 1. The Balaban J connectivity index is 1.87. The smallest absolute Gasteiger partial charge is 0.262 e. The van der Waals surface area contributed by atoms with Crippen LogP contribution in [0.3, 0.4) is 0 Å². The lowest BCUT2D eigenvalue weighted by Crippen LogP contribution is -2.29. The molecule has 3 aromatic rings. The molecule has 5 nitrogen and oxygen atoms in total. The lowest BCUT2D eigenvalue weighted by Gasteiger charge is -2.21. The highest BCUT2D eigenvalue weighted by Gasteiger charge is 2.22. The van der Waals surface area contributed by atoms with Gasteiger partial charge in [-0.3, -0.25) is 9.52 Å². The van der Waals surface area contributed by atoms with Crippen molar-refractivity contribution in [1.29, 1.82) is 0 Å². The summed E-state index contributed by atoms with van der Waals surface area (Å²) in [5, 5.41) is 3.09. The monoisotopic (exact) mass is 464 g/mol. The first-order valence-corrected chi connectivity index (χ1v) is 12.6. The van der Waals surface area contributed by atoms with E-state index in [9.17, 15) is 13.2 Å². The second-order valence-corrected chi connectivity index (χ2v) is 10.6. The predicted molar refractivity (Wildman–Crippen MR) is 134 cm³/mol. The normalized spacial score (nSPS) is 12.4. The summed E-state index contributed by atoms with van der Waals surface area (Å²) in [5.41, 5.74) is 4.49. The van der Waals surface area contributed by atoms with E-state index < -0.39 is 10.0 Å². The van der Waals surface area contributed by atoms with E-state index in [1.165, 1.54) is 6.07 Å². The van der Waals surface area contributed by atoms with Crippen LogP contribution in [0.5, 0.6) is 0 Å². The van der Waals surface area contributed by atoms with Crippen molar-refractivity contribution in [1.82, 2.24) is 5.32 Å². The summed E-state index contributed by atoms with van der Waals surface area (Å²) in [6.45, 7) is 9.85. The van der Waals surface area contributed by atoms with Crippen LogP contribution in [0.2, 0.25) is 0 Å². The fourth-order valence-corrected chi connectivity index (χ4v) is 5.04. The minimum Gasteiger partial charge on any atom is -0.345 e. The Hall–Kier alpha value is -3.12. The maximum absolute atomic E-state index is 13.1. The molecule has 0 aliphatic carbocycles. The molecule has 0 aliphatic rings.